The van der Waals surface area contributed by atoms with Crippen molar-refractivity contribution >= 4 is 22.6 Å². The van der Waals surface area contributed by atoms with Gasteiger partial charge < -0.3 is 10.4 Å². The summed E-state index contributed by atoms with van der Waals surface area (Å²) >= 11 is 0. The highest BCUT2D eigenvalue weighted by Crippen LogP contribution is 2.37. The van der Waals surface area contributed by atoms with E-state index in [0.717, 1.165) is 44.4 Å². The van der Waals surface area contributed by atoms with Gasteiger partial charge >= 0.3 is 5.97 Å². The van der Waals surface area contributed by atoms with Gasteiger partial charge in [-0.25, -0.2) is 14.2 Å². The predicted octanol–water partition coefficient (Wildman–Crippen LogP) is 7.28. The van der Waals surface area contributed by atoms with Crippen molar-refractivity contribution in [2.75, 3.05) is 5.32 Å². The Labute approximate surface area is 208 Å². The fraction of sp³-hybridized carbons (Fsp3) is 0.100. The van der Waals surface area contributed by atoms with Crippen molar-refractivity contribution in [3.8, 4) is 22.4 Å². The van der Waals surface area contributed by atoms with Crippen LogP contribution >= 0.6 is 0 Å². The first-order chi connectivity index (χ1) is 17.4. The summed E-state index contributed by atoms with van der Waals surface area (Å²) in [5.74, 6) is -1.29. The first-order valence-electron chi connectivity index (χ1n) is 11.6. The molecule has 0 saturated heterocycles. The van der Waals surface area contributed by atoms with E-state index < -0.39 is 5.97 Å². The zero-order valence-corrected chi connectivity index (χ0v) is 19.9. The van der Waals surface area contributed by atoms with Crippen LogP contribution in [-0.4, -0.2) is 21.0 Å². The largest absolute Gasteiger partial charge is 0.478 e. The van der Waals surface area contributed by atoms with Crippen LogP contribution in [0.4, 0.5) is 10.1 Å². The quantitative estimate of drug-likeness (QED) is 0.269. The van der Waals surface area contributed by atoms with Crippen LogP contribution in [0.25, 0.3) is 33.3 Å². The normalized spacial score (nSPS) is 11.9. The van der Waals surface area contributed by atoms with E-state index in [9.17, 15) is 14.3 Å². The molecule has 0 aliphatic heterocycles. The van der Waals surface area contributed by atoms with Crippen LogP contribution in [0.2, 0.25) is 0 Å². The van der Waals surface area contributed by atoms with Crippen molar-refractivity contribution < 1.29 is 14.3 Å². The Morgan fingerprint density at radius 3 is 2.47 bits per heavy atom. The molecule has 36 heavy (non-hydrogen) atoms. The number of nitrogens with one attached hydrogen (secondary N) is 1. The van der Waals surface area contributed by atoms with Crippen molar-refractivity contribution in [1.82, 2.24) is 9.97 Å². The maximum Gasteiger partial charge on any atom is 0.337 e. The van der Waals surface area contributed by atoms with Gasteiger partial charge in [0.05, 0.1) is 16.8 Å². The molecular formula is C30H24FN3O2. The van der Waals surface area contributed by atoms with Gasteiger partial charge in [-0.2, -0.15) is 0 Å². The third-order valence-electron chi connectivity index (χ3n) is 6.20. The molecule has 3 aromatic carbocycles. The molecule has 5 aromatic rings. The number of rotatable bonds is 6. The lowest BCUT2D eigenvalue weighted by Gasteiger charge is -2.21. The second kappa shape index (κ2) is 9.58. The SMILES string of the molecule is Cc1cc(C(C)Nc2ccccc2C(=O)O)c2cc(-c3ccc(F)cc3)c(-c3cccnc3)nc2c1. The van der Waals surface area contributed by atoms with E-state index in [4.69, 9.17) is 4.98 Å². The van der Waals surface area contributed by atoms with Crippen molar-refractivity contribution in [3.63, 3.8) is 0 Å². The molecule has 0 fully saturated rings. The van der Waals surface area contributed by atoms with E-state index in [1.165, 1.54) is 12.1 Å². The van der Waals surface area contributed by atoms with E-state index in [0.29, 0.717) is 5.69 Å². The first-order valence-corrected chi connectivity index (χ1v) is 11.6. The highest BCUT2D eigenvalue weighted by molar-refractivity contribution is 5.95. The molecule has 1 unspecified atom stereocenters. The molecule has 0 saturated carbocycles. The van der Waals surface area contributed by atoms with Crippen molar-refractivity contribution in [1.29, 1.82) is 0 Å². The number of para-hydroxylation sites is 1. The number of aromatic nitrogens is 2. The molecule has 5 nitrogen and oxygen atoms in total. The molecule has 0 bridgehead atoms. The van der Waals surface area contributed by atoms with Crippen LogP contribution in [0.5, 0.6) is 0 Å². The Morgan fingerprint density at radius 1 is 0.972 bits per heavy atom. The molecule has 0 amide bonds. The van der Waals surface area contributed by atoms with Crippen molar-refractivity contribution in [3.05, 3.63) is 114 Å². The number of carbonyl (C=O) groups is 1. The van der Waals surface area contributed by atoms with Crippen LogP contribution in [0.1, 0.15) is 34.5 Å². The second-order valence-electron chi connectivity index (χ2n) is 8.77. The highest BCUT2D eigenvalue weighted by Gasteiger charge is 2.18. The Hall–Kier alpha value is -4.58. The summed E-state index contributed by atoms with van der Waals surface area (Å²) in [5.41, 5.74) is 6.92. The number of carboxylic acid groups (broad SMARTS) is 1. The van der Waals surface area contributed by atoms with E-state index in [1.807, 2.05) is 38.1 Å². The molecule has 2 aromatic heterocycles. The smallest absolute Gasteiger partial charge is 0.337 e. The molecule has 1 atom stereocenters. The van der Waals surface area contributed by atoms with Crippen LogP contribution in [0, 0.1) is 12.7 Å². The lowest BCUT2D eigenvalue weighted by atomic mass is 9.93. The number of anilines is 1. The lowest BCUT2D eigenvalue weighted by molar-refractivity contribution is 0.0698. The minimum atomic E-state index is -0.985. The van der Waals surface area contributed by atoms with Gasteiger partial charge in [0.1, 0.15) is 5.82 Å². The number of aryl methyl sites for hydroxylation is 1. The maximum atomic E-state index is 13.7. The second-order valence-corrected chi connectivity index (χ2v) is 8.77. The molecule has 178 valence electrons. The third kappa shape index (κ3) is 4.53. The molecule has 0 radical (unpaired) electrons. The van der Waals surface area contributed by atoms with Gasteiger partial charge in [0.15, 0.2) is 0 Å². The fourth-order valence-corrected chi connectivity index (χ4v) is 4.49. The summed E-state index contributed by atoms with van der Waals surface area (Å²) in [6.07, 6.45) is 3.48. The van der Waals surface area contributed by atoms with Crippen molar-refractivity contribution in [2.45, 2.75) is 19.9 Å². The minimum Gasteiger partial charge on any atom is -0.478 e. The van der Waals surface area contributed by atoms with Gasteiger partial charge in [0, 0.05) is 40.6 Å². The Bertz CT molecular complexity index is 1570. The predicted molar refractivity (Wildman–Crippen MR) is 141 cm³/mol. The van der Waals surface area contributed by atoms with Crippen molar-refractivity contribution in [2.24, 2.45) is 0 Å². The third-order valence-corrected chi connectivity index (χ3v) is 6.20. The number of hydrogen-bond donors (Lipinski definition) is 2. The number of fused-ring (bicyclic) bond motifs is 1. The average molecular weight is 478 g/mol. The van der Waals surface area contributed by atoms with E-state index in [2.05, 4.69) is 22.4 Å². The van der Waals surface area contributed by atoms with Gasteiger partial charge in [-0.3, -0.25) is 4.98 Å². The van der Waals surface area contributed by atoms with Crippen LogP contribution in [0.15, 0.2) is 91.3 Å². The summed E-state index contributed by atoms with van der Waals surface area (Å²) in [4.78, 5) is 21.0. The van der Waals surface area contributed by atoms with Crippen LogP contribution in [0.3, 0.4) is 0 Å². The monoisotopic (exact) mass is 477 g/mol. The van der Waals surface area contributed by atoms with E-state index in [1.54, 1.807) is 42.7 Å². The molecule has 0 aliphatic rings. The number of pyridine rings is 2. The first kappa shape index (κ1) is 23.2. The van der Waals surface area contributed by atoms with Gasteiger partial charge in [-0.1, -0.05) is 30.3 Å². The molecule has 0 aliphatic carbocycles. The van der Waals surface area contributed by atoms with E-state index in [-0.39, 0.29) is 17.4 Å². The number of hydrogen-bond acceptors (Lipinski definition) is 4. The van der Waals surface area contributed by atoms with Crippen LogP contribution < -0.4 is 5.32 Å². The molecular weight excluding hydrogens is 453 g/mol. The standard InChI is InChI=1S/C30H24FN3O2/c1-18-14-24(19(2)33-27-8-4-3-7-23(27)30(35)36)26-16-25(20-9-11-22(31)12-10-20)29(34-28(26)15-18)21-6-5-13-32-17-21/h3-17,19,33H,1-2H3,(H,35,36). The average Bonchev–Trinajstić information content (AvgIpc) is 2.88. The number of aromatic carboxylic acids is 1. The van der Waals surface area contributed by atoms with Gasteiger partial charge in [0.25, 0.3) is 0 Å². The molecule has 2 N–H and O–H groups in total. The van der Waals surface area contributed by atoms with Gasteiger partial charge in [0.2, 0.25) is 0 Å². The highest BCUT2D eigenvalue weighted by atomic mass is 19.1. The summed E-state index contributed by atoms with van der Waals surface area (Å²) < 4.78 is 13.7. The number of carboxylic acids is 1. The zero-order chi connectivity index (χ0) is 25.2. The summed E-state index contributed by atoms with van der Waals surface area (Å²) in [7, 11) is 0. The Balaban J connectivity index is 1.70. The lowest BCUT2D eigenvalue weighted by Crippen LogP contribution is -2.11. The molecule has 6 heteroatoms. The number of benzene rings is 3. The van der Waals surface area contributed by atoms with Gasteiger partial charge in [-0.05, 0) is 79.1 Å². The Morgan fingerprint density at radius 2 is 1.75 bits per heavy atom. The number of nitrogens with zero attached hydrogens (tertiary/aromatic N) is 2. The number of halogens is 1. The fourth-order valence-electron chi connectivity index (χ4n) is 4.49. The topological polar surface area (TPSA) is 75.1 Å². The van der Waals surface area contributed by atoms with Gasteiger partial charge in [-0.15, -0.1) is 0 Å². The Kier molecular flexibility index (Phi) is 6.17. The summed E-state index contributed by atoms with van der Waals surface area (Å²) in [6, 6.07) is 23.0. The zero-order valence-electron chi connectivity index (χ0n) is 19.9. The molecule has 5 rings (SSSR count). The summed E-state index contributed by atoms with van der Waals surface area (Å²) in [5, 5.41) is 13.9. The van der Waals surface area contributed by atoms with E-state index >= 15 is 0 Å². The summed E-state index contributed by atoms with van der Waals surface area (Å²) in [6.45, 7) is 4.01. The minimum absolute atomic E-state index is 0.208. The van der Waals surface area contributed by atoms with Crippen LogP contribution in [-0.2, 0) is 0 Å². The molecule has 2 heterocycles. The molecule has 0 spiro atoms. The maximum absolute atomic E-state index is 13.7.